The predicted octanol–water partition coefficient (Wildman–Crippen LogP) is 1.69. The molecule has 0 atom stereocenters. The monoisotopic (exact) mass is 257 g/mol. The van der Waals surface area contributed by atoms with E-state index in [1.807, 2.05) is 0 Å². The first-order chi connectivity index (χ1) is 8.41. The zero-order valence-corrected chi connectivity index (χ0v) is 8.99. The fraction of sp³-hybridized carbons (Fsp3) is 0.100. The van der Waals surface area contributed by atoms with E-state index in [0.29, 0.717) is 0 Å². The van der Waals surface area contributed by atoms with Gasteiger partial charge in [0.25, 0.3) is 5.82 Å². The Morgan fingerprint density at radius 1 is 1.28 bits per heavy atom. The summed E-state index contributed by atoms with van der Waals surface area (Å²) in [5.74, 6) is -6.37. The summed E-state index contributed by atoms with van der Waals surface area (Å²) in [6.45, 7) is 1.36. The minimum absolute atomic E-state index is 0.0392. The van der Waals surface area contributed by atoms with Crippen molar-refractivity contribution < 1.29 is 23.1 Å². The van der Waals surface area contributed by atoms with Crippen LogP contribution in [0.2, 0.25) is 0 Å². The van der Waals surface area contributed by atoms with Crippen molar-refractivity contribution in [1.29, 1.82) is 0 Å². The van der Waals surface area contributed by atoms with Crippen LogP contribution in [0.3, 0.4) is 0 Å². The molecule has 0 aliphatic carbocycles. The van der Waals surface area contributed by atoms with Crippen molar-refractivity contribution in [1.82, 2.24) is 14.8 Å². The number of carboxylic acid groups (broad SMARTS) is 1. The maximum Gasteiger partial charge on any atom is 0.375 e. The van der Waals surface area contributed by atoms with Gasteiger partial charge < -0.3 is 5.11 Å². The molecule has 0 fully saturated rings. The zero-order valence-electron chi connectivity index (χ0n) is 8.99. The molecule has 2 rings (SSSR count). The summed E-state index contributed by atoms with van der Waals surface area (Å²) >= 11 is 0. The number of carboxylic acids is 1. The number of hydrogen-bond acceptors (Lipinski definition) is 3. The third-order valence-corrected chi connectivity index (χ3v) is 2.20. The van der Waals surface area contributed by atoms with Gasteiger partial charge in [0.2, 0.25) is 0 Å². The number of aromatic nitrogens is 3. The maximum atomic E-state index is 13.5. The number of benzene rings is 1. The minimum atomic E-state index is -1.65. The summed E-state index contributed by atoms with van der Waals surface area (Å²) in [4.78, 5) is 14.2. The molecule has 0 amide bonds. The molecule has 0 aliphatic heterocycles. The maximum absolute atomic E-state index is 13.5. The summed E-state index contributed by atoms with van der Waals surface area (Å²) in [5, 5.41) is 12.2. The van der Waals surface area contributed by atoms with Crippen molar-refractivity contribution >= 4 is 5.97 Å². The number of halogens is 3. The minimum Gasteiger partial charge on any atom is -0.475 e. The SMILES string of the molecule is Cc1nc(C(=O)O)nn1-c1ccc(F)c(F)c1F. The van der Waals surface area contributed by atoms with Gasteiger partial charge in [0.1, 0.15) is 11.5 Å². The second-order valence-electron chi connectivity index (χ2n) is 3.39. The topological polar surface area (TPSA) is 68.0 Å². The highest BCUT2D eigenvalue weighted by Crippen LogP contribution is 2.19. The molecule has 1 aromatic heterocycles. The van der Waals surface area contributed by atoms with E-state index in [1.54, 1.807) is 0 Å². The number of aryl methyl sites for hydroxylation is 1. The molecular formula is C10H6F3N3O2. The van der Waals surface area contributed by atoms with Crippen LogP contribution in [0.25, 0.3) is 5.69 Å². The van der Waals surface area contributed by atoms with Gasteiger partial charge in [-0.05, 0) is 19.1 Å². The van der Waals surface area contributed by atoms with Gasteiger partial charge in [-0.1, -0.05) is 0 Å². The standard InChI is InChI=1S/C10H6F3N3O2/c1-4-14-9(10(17)18)15-16(4)6-3-2-5(11)7(12)8(6)13/h2-3H,1H3,(H,17,18). The lowest BCUT2D eigenvalue weighted by atomic mass is 10.3. The second kappa shape index (κ2) is 4.13. The first-order valence-corrected chi connectivity index (χ1v) is 4.72. The van der Waals surface area contributed by atoms with Gasteiger partial charge in [-0.3, -0.25) is 0 Å². The first kappa shape index (κ1) is 12.1. The Morgan fingerprint density at radius 3 is 2.50 bits per heavy atom. The first-order valence-electron chi connectivity index (χ1n) is 4.72. The number of aromatic carboxylic acids is 1. The van der Waals surface area contributed by atoms with Gasteiger partial charge in [-0.15, -0.1) is 5.10 Å². The van der Waals surface area contributed by atoms with E-state index in [4.69, 9.17) is 5.11 Å². The van der Waals surface area contributed by atoms with Crippen LogP contribution in [0.4, 0.5) is 13.2 Å². The van der Waals surface area contributed by atoms with Crippen molar-refractivity contribution in [3.8, 4) is 5.69 Å². The quantitative estimate of drug-likeness (QED) is 0.831. The summed E-state index contributed by atoms with van der Waals surface area (Å²) in [6, 6.07) is 1.66. The van der Waals surface area contributed by atoms with E-state index in [2.05, 4.69) is 10.1 Å². The van der Waals surface area contributed by atoms with Crippen LogP contribution in [0.5, 0.6) is 0 Å². The Kier molecular flexibility index (Phi) is 2.77. The molecule has 0 spiro atoms. The molecule has 94 valence electrons. The van der Waals surface area contributed by atoms with Crippen LogP contribution < -0.4 is 0 Å². The predicted molar refractivity (Wildman–Crippen MR) is 52.9 cm³/mol. The smallest absolute Gasteiger partial charge is 0.375 e. The van der Waals surface area contributed by atoms with Crippen molar-refractivity contribution in [2.75, 3.05) is 0 Å². The number of carbonyl (C=O) groups is 1. The van der Waals surface area contributed by atoms with Crippen LogP contribution >= 0.6 is 0 Å². The lowest BCUT2D eigenvalue weighted by Crippen LogP contribution is -2.06. The Bertz CT molecular complexity index is 640. The molecule has 1 N–H and O–H groups in total. The normalized spacial score (nSPS) is 10.7. The van der Waals surface area contributed by atoms with Gasteiger partial charge in [0.15, 0.2) is 17.5 Å². The second-order valence-corrected chi connectivity index (χ2v) is 3.39. The fourth-order valence-corrected chi connectivity index (χ4v) is 1.39. The summed E-state index contributed by atoms with van der Waals surface area (Å²) in [5.41, 5.74) is -0.411. The molecule has 1 heterocycles. The summed E-state index contributed by atoms with van der Waals surface area (Å²) in [7, 11) is 0. The van der Waals surface area contributed by atoms with Crippen LogP contribution in [0.1, 0.15) is 16.4 Å². The number of rotatable bonds is 2. The lowest BCUT2D eigenvalue weighted by molar-refractivity contribution is 0.0683. The molecule has 0 unspecified atom stereocenters. The van der Waals surface area contributed by atoms with E-state index in [-0.39, 0.29) is 5.82 Å². The van der Waals surface area contributed by atoms with E-state index in [9.17, 15) is 18.0 Å². The number of hydrogen-bond donors (Lipinski definition) is 1. The Morgan fingerprint density at radius 2 is 1.94 bits per heavy atom. The average Bonchev–Trinajstić information content (AvgIpc) is 2.69. The highest BCUT2D eigenvalue weighted by Gasteiger charge is 2.19. The van der Waals surface area contributed by atoms with Crippen LogP contribution in [-0.4, -0.2) is 25.8 Å². The molecule has 2 aromatic rings. The molecule has 0 saturated carbocycles. The number of nitrogens with zero attached hydrogens (tertiary/aromatic N) is 3. The Balaban J connectivity index is 2.62. The molecule has 0 radical (unpaired) electrons. The molecule has 0 bridgehead atoms. The average molecular weight is 257 g/mol. The largest absolute Gasteiger partial charge is 0.475 e. The summed E-state index contributed by atoms with van der Waals surface area (Å²) < 4.78 is 40.1. The van der Waals surface area contributed by atoms with E-state index in [1.165, 1.54) is 6.92 Å². The summed E-state index contributed by atoms with van der Waals surface area (Å²) in [6.07, 6.45) is 0. The Hall–Kier alpha value is -2.38. The van der Waals surface area contributed by atoms with Crippen molar-refractivity contribution in [2.24, 2.45) is 0 Å². The van der Waals surface area contributed by atoms with Gasteiger partial charge in [-0.25, -0.2) is 27.6 Å². The van der Waals surface area contributed by atoms with Crippen molar-refractivity contribution in [2.45, 2.75) is 6.92 Å². The van der Waals surface area contributed by atoms with Crippen molar-refractivity contribution in [3.05, 3.63) is 41.2 Å². The molecule has 1 aromatic carbocycles. The molecular weight excluding hydrogens is 251 g/mol. The van der Waals surface area contributed by atoms with E-state index < -0.39 is 34.9 Å². The fourth-order valence-electron chi connectivity index (χ4n) is 1.39. The lowest BCUT2D eigenvalue weighted by Gasteiger charge is -2.05. The van der Waals surface area contributed by atoms with Gasteiger partial charge in [0, 0.05) is 0 Å². The molecule has 18 heavy (non-hydrogen) atoms. The van der Waals surface area contributed by atoms with Gasteiger partial charge in [0.05, 0.1) is 0 Å². The van der Waals surface area contributed by atoms with E-state index >= 15 is 0 Å². The van der Waals surface area contributed by atoms with E-state index in [0.717, 1.165) is 16.8 Å². The molecule has 0 saturated heterocycles. The zero-order chi connectivity index (χ0) is 13.4. The van der Waals surface area contributed by atoms with Crippen LogP contribution in [0.15, 0.2) is 12.1 Å². The van der Waals surface area contributed by atoms with Crippen LogP contribution in [0, 0.1) is 24.4 Å². The molecule has 0 aliphatic rings. The van der Waals surface area contributed by atoms with Gasteiger partial charge >= 0.3 is 5.97 Å². The molecule has 5 nitrogen and oxygen atoms in total. The third-order valence-electron chi connectivity index (χ3n) is 2.20. The van der Waals surface area contributed by atoms with Crippen molar-refractivity contribution in [3.63, 3.8) is 0 Å². The van der Waals surface area contributed by atoms with Crippen LogP contribution in [-0.2, 0) is 0 Å². The Labute approximate surface area is 98.5 Å². The highest BCUT2D eigenvalue weighted by atomic mass is 19.2. The highest BCUT2D eigenvalue weighted by molar-refractivity contribution is 5.83. The third kappa shape index (κ3) is 1.81. The molecule has 8 heteroatoms. The van der Waals surface area contributed by atoms with Gasteiger partial charge in [-0.2, -0.15) is 0 Å².